The van der Waals surface area contributed by atoms with Crippen LogP contribution in [0.5, 0.6) is 5.75 Å². The van der Waals surface area contributed by atoms with Crippen LogP contribution in [0.2, 0.25) is 0 Å². The van der Waals surface area contributed by atoms with E-state index in [9.17, 15) is 9.00 Å². The van der Waals surface area contributed by atoms with Gasteiger partial charge in [-0.25, -0.2) is 0 Å². The number of methoxy groups -OCH3 is 1. The number of carbonyl (C=O) groups is 1. The van der Waals surface area contributed by atoms with Crippen LogP contribution in [0.25, 0.3) is 0 Å². The van der Waals surface area contributed by atoms with Gasteiger partial charge in [0.25, 0.3) is 5.91 Å². The van der Waals surface area contributed by atoms with Crippen molar-refractivity contribution in [3.8, 4) is 5.75 Å². The van der Waals surface area contributed by atoms with E-state index in [1.54, 1.807) is 37.6 Å². The van der Waals surface area contributed by atoms with Crippen LogP contribution in [-0.2, 0) is 10.8 Å². The topological polar surface area (TPSA) is 49.9 Å². The molecule has 1 aliphatic heterocycles. The molecule has 2 aromatic carbocycles. The summed E-state index contributed by atoms with van der Waals surface area (Å²) in [4.78, 5) is 17.5. The zero-order valence-corrected chi connectivity index (χ0v) is 15.3. The fraction of sp³-hybridized carbons (Fsp3) is 0.316. The van der Waals surface area contributed by atoms with Crippen molar-refractivity contribution in [3.63, 3.8) is 0 Å². The molecule has 0 saturated carbocycles. The maximum atomic E-state index is 12.7. The summed E-state index contributed by atoms with van der Waals surface area (Å²) in [6.07, 6.45) is 1.63. The Hall–Kier alpha value is -2.34. The number of hydrogen-bond donors (Lipinski definition) is 0. The summed E-state index contributed by atoms with van der Waals surface area (Å²) in [5, 5.41) is 0. The van der Waals surface area contributed by atoms with Crippen LogP contribution in [0, 0.1) is 0 Å². The number of carbonyl (C=O) groups excluding carboxylic acids is 1. The molecule has 25 heavy (non-hydrogen) atoms. The minimum absolute atomic E-state index is 0.0214. The maximum Gasteiger partial charge on any atom is 0.253 e. The predicted molar refractivity (Wildman–Crippen MR) is 99.9 cm³/mol. The summed E-state index contributed by atoms with van der Waals surface area (Å²) in [7, 11) is 0.644. The Kier molecular flexibility index (Phi) is 5.38. The molecule has 6 heteroatoms. The number of para-hydroxylation sites is 2. The van der Waals surface area contributed by atoms with Crippen molar-refractivity contribution in [3.05, 3.63) is 54.1 Å². The molecule has 3 rings (SSSR count). The number of hydrogen-bond acceptors (Lipinski definition) is 4. The first-order valence-electron chi connectivity index (χ1n) is 8.21. The number of amides is 1. The van der Waals surface area contributed by atoms with E-state index in [4.69, 9.17) is 4.74 Å². The van der Waals surface area contributed by atoms with E-state index in [-0.39, 0.29) is 5.91 Å². The van der Waals surface area contributed by atoms with Gasteiger partial charge in [-0.1, -0.05) is 12.1 Å². The SMILES string of the molecule is COc1ccccc1N1CCN(C(=O)c2ccc(S(C)=O)cc2)CC1. The molecule has 1 unspecified atom stereocenters. The standard InChI is InChI=1S/C19H22N2O3S/c1-24-18-6-4-3-5-17(18)20-11-13-21(14-12-20)19(22)15-7-9-16(10-8-15)25(2)23/h3-10H,11-14H2,1-2H3. The molecular weight excluding hydrogens is 336 g/mol. The quantitative estimate of drug-likeness (QED) is 0.842. The van der Waals surface area contributed by atoms with Crippen molar-refractivity contribution in [2.75, 3.05) is 44.4 Å². The number of anilines is 1. The molecule has 1 heterocycles. The number of ether oxygens (including phenoxy) is 1. The van der Waals surface area contributed by atoms with E-state index >= 15 is 0 Å². The summed E-state index contributed by atoms with van der Waals surface area (Å²) >= 11 is 0. The average Bonchev–Trinajstić information content (AvgIpc) is 2.67. The summed E-state index contributed by atoms with van der Waals surface area (Å²) in [5.74, 6) is 0.874. The molecule has 1 atom stereocenters. The Balaban J connectivity index is 1.65. The van der Waals surface area contributed by atoms with E-state index in [2.05, 4.69) is 4.90 Å². The van der Waals surface area contributed by atoms with Crippen LogP contribution < -0.4 is 9.64 Å². The fourth-order valence-electron chi connectivity index (χ4n) is 3.01. The van der Waals surface area contributed by atoms with E-state index in [1.165, 1.54) is 0 Å². The molecule has 132 valence electrons. The first-order valence-corrected chi connectivity index (χ1v) is 9.76. The highest BCUT2D eigenvalue weighted by molar-refractivity contribution is 7.84. The van der Waals surface area contributed by atoms with Crippen LogP contribution in [-0.4, -0.2) is 54.6 Å². The minimum Gasteiger partial charge on any atom is -0.495 e. The largest absolute Gasteiger partial charge is 0.495 e. The Bertz CT molecular complexity index is 768. The lowest BCUT2D eigenvalue weighted by molar-refractivity contribution is 0.0746. The van der Waals surface area contributed by atoms with E-state index < -0.39 is 10.8 Å². The molecule has 2 aromatic rings. The third kappa shape index (κ3) is 3.85. The minimum atomic E-state index is -1.03. The maximum absolute atomic E-state index is 12.7. The summed E-state index contributed by atoms with van der Waals surface area (Å²) in [6, 6.07) is 15.0. The van der Waals surface area contributed by atoms with Gasteiger partial charge >= 0.3 is 0 Å². The van der Waals surface area contributed by atoms with Crippen molar-refractivity contribution in [2.45, 2.75) is 4.90 Å². The van der Waals surface area contributed by atoms with Gasteiger partial charge in [-0.15, -0.1) is 0 Å². The van der Waals surface area contributed by atoms with E-state index in [1.807, 2.05) is 29.2 Å². The lowest BCUT2D eigenvalue weighted by Crippen LogP contribution is -2.48. The molecule has 0 spiro atoms. The van der Waals surface area contributed by atoms with Crippen LogP contribution in [0.15, 0.2) is 53.4 Å². The molecule has 0 aliphatic carbocycles. The Morgan fingerprint density at radius 3 is 2.24 bits per heavy atom. The Morgan fingerprint density at radius 2 is 1.64 bits per heavy atom. The fourth-order valence-corrected chi connectivity index (χ4v) is 3.53. The van der Waals surface area contributed by atoms with Crippen LogP contribution >= 0.6 is 0 Å². The van der Waals surface area contributed by atoms with Crippen LogP contribution in [0.3, 0.4) is 0 Å². The normalized spacial score (nSPS) is 15.8. The van der Waals surface area contributed by atoms with E-state index in [0.717, 1.165) is 29.4 Å². The highest BCUT2D eigenvalue weighted by Crippen LogP contribution is 2.28. The van der Waals surface area contributed by atoms with Gasteiger partial charge in [0, 0.05) is 53.7 Å². The van der Waals surface area contributed by atoms with Crippen molar-refractivity contribution < 1.29 is 13.7 Å². The van der Waals surface area contributed by atoms with Crippen molar-refractivity contribution in [2.24, 2.45) is 0 Å². The smallest absolute Gasteiger partial charge is 0.253 e. The Morgan fingerprint density at radius 1 is 1.00 bits per heavy atom. The first-order chi connectivity index (χ1) is 12.1. The predicted octanol–water partition coefficient (Wildman–Crippen LogP) is 2.40. The second-order valence-electron chi connectivity index (χ2n) is 5.93. The molecule has 5 nitrogen and oxygen atoms in total. The number of nitrogens with zero attached hydrogens (tertiary/aromatic N) is 2. The Labute approximate surface area is 150 Å². The molecule has 1 saturated heterocycles. The van der Waals surface area contributed by atoms with Gasteiger partial charge in [0.05, 0.1) is 12.8 Å². The van der Waals surface area contributed by atoms with Crippen molar-refractivity contribution >= 4 is 22.4 Å². The van der Waals surface area contributed by atoms with Gasteiger partial charge in [0.1, 0.15) is 5.75 Å². The summed E-state index contributed by atoms with van der Waals surface area (Å²) in [6.45, 7) is 2.86. The molecule has 0 bridgehead atoms. The van der Waals surface area contributed by atoms with Gasteiger partial charge in [-0.3, -0.25) is 9.00 Å². The van der Waals surface area contributed by atoms with Gasteiger partial charge in [-0.05, 0) is 36.4 Å². The molecule has 1 amide bonds. The lowest BCUT2D eigenvalue weighted by atomic mass is 10.1. The van der Waals surface area contributed by atoms with Gasteiger partial charge in [0.2, 0.25) is 0 Å². The first kappa shape index (κ1) is 17.5. The lowest BCUT2D eigenvalue weighted by Gasteiger charge is -2.36. The van der Waals surface area contributed by atoms with Crippen LogP contribution in [0.4, 0.5) is 5.69 Å². The molecule has 1 fully saturated rings. The summed E-state index contributed by atoms with van der Waals surface area (Å²) in [5.41, 5.74) is 1.70. The zero-order chi connectivity index (χ0) is 17.8. The van der Waals surface area contributed by atoms with Gasteiger partial charge < -0.3 is 14.5 Å². The highest BCUT2D eigenvalue weighted by Gasteiger charge is 2.23. The molecule has 0 N–H and O–H groups in total. The van der Waals surface area contributed by atoms with Crippen molar-refractivity contribution in [1.29, 1.82) is 0 Å². The molecule has 1 aliphatic rings. The average molecular weight is 358 g/mol. The summed E-state index contributed by atoms with van der Waals surface area (Å²) < 4.78 is 16.9. The second kappa shape index (κ2) is 7.70. The third-order valence-corrected chi connectivity index (χ3v) is 5.36. The van der Waals surface area contributed by atoms with Gasteiger partial charge in [-0.2, -0.15) is 0 Å². The third-order valence-electron chi connectivity index (χ3n) is 4.43. The molecular formula is C19H22N2O3S. The van der Waals surface area contributed by atoms with E-state index in [0.29, 0.717) is 18.7 Å². The van der Waals surface area contributed by atoms with Crippen molar-refractivity contribution in [1.82, 2.24) is 4.90 Å². The highest BCUT2D eigenvalue weighted by atomic mass is 32.2. The van der Waals surface area contributed by atoms with Crippen LogP contribution in [0.1, 0.15) is 10.4 Å². The molecule has 0 radical (unpaired) electrons. The number of rotatable bonds is 4. The number of benzene rings is 2. The monoisotopic (exact) mass is 358 g/mol. The number of piperazine rings is 1. The zero-order valence-electron chi connectivity index (χ0n) is 14.5. The second-order valence-corrected chi connectivity index (χ2v) is 7.31. The van der Waals surface area contributed by atoms with Gasteiger partial charge in [0.15, 0.2) is 0 Å². The molecule has 0 aromatic heterocycles.